The minimum absolute atomic E-state index is 0.153. The number of likely N-dealkylation sites (N-methyl/N-ethyl adjacent to an activating group) is 1. The lowest BCUT2D eigenvalue weighted by molar-refractivity contribution is -0.144. The number of nitrogens with one attached hydrogen (secondary N) is 1. The van der Waals surface area contributed by atoms with E-state index in [1.165, 1.54) is 0 Å². The maximum Gasteiger partial charge on any atom is 0.323 e. The molecule has 0 saturated heterocycles. The lowest BCUT2D eigenvalue weighted by atomic mass is 9.96. The van der Waals surface area contributed by atoms with Gasteiger partial charge in [-0.05, 0) is 34.2 Å². The minimum atomic E-state index is -0.866. The van der Waals surface area contributed by atoms with Crippen LogP contribution < -0.4 is 5.32 Å². The molecule has 0 aliphatic heterocycles. The molecule has 0 aromatic rings. The third kappa shape index (κ3) is 6.61. The van der Waals surface area contributed by atoms with Crippen LogP contribution in [-0.4, -0.2) is 61.4 Å². The highest BCUT2D eigenvalue weighted by Gasteiger charge is 2.33. The molecule has 0 aliphatic carbocycles. The summed E-state index contributed by atoms with van der Waals surface area (Å²) in [4.78, 5) is 13.4. The van der Waals surface area contributed by atoms with Gasteiger partial charge < -0.3 is 14.7 Å². The summed E-state index contributed by atoms with van der Waals surface area (Å²) in [5.74, 6) is -0.800. The molecule has 0 radical (unpaired) electrons. The molecule has 0 heterocycles. The number of hydrogen-bond donors (Lipinski definition) is 2. The van der Waals surface area contributed by atoms with Gasteiger partial charge in [0.2, 0.25) is 0 Å². The van der Waals surface area contributed by atoms with Crippen LogP contribution in [0.25, 0.3) is 0 Å². The highest BCUT2D eigenvalue weighted by atomic mass is 16.5. The highest BCUT2D eigenvalue weighted by Crippen LogP contribution is 2.12. The molecule has 1 unspecified atom stereocenters. The molecule has 102 valence electrons. The van der Waals surface area contributed by atoms with Crippen molar-refractivity contribution in [1.29, 1.82) is 0 Å². The Bertz CT molecular complexity index is 234. The first-order valence-corrected chi connectivity index (χ1v) is 6.00. The normalized spacial score (nSPS) is 15.2. The third-order valence-electron chi connectivity index (χ3n) is 2.75. The Morgan fingerprint density at radius 3 is 2.47 bits per heavy atom. The van der Waals surface area contributed by atoms with E-state index in [9.17, 15) is 9.90 Å². The van der Waals surface area contributed by atoms with Crippen molar-refractivity contribution in [2.45, 2.75) is 38.8 Å². The summed E-state index contributed by atoms with van der Waals surface area (Å²) in [6.45, 7) is 7.85. The number of carbonyl (C=O) groups is 1. The van der Waals surface area contributed by atoms with Gasteiger partial charge in [-0.15, -0.1) is 0 Å². The SMILES string of the molecule is COCCN(C)CCC(C)(NC(C)C)C(=O)O. The first-order chi connectivity index (χ1) is 7.81. The average Bonchev–Trinajstić information content (AvgIpc) is 2.22. The maximum atomic E-state index is 11.3. The summed E-state index contributed by atoms with van der Waals surface area (Å²) in [7, 11) is 3.63. The van der Waals surface area contributed by atoms with Crippen LogP contribution in [0.4, 0.5) is 0 Å². The van der Waals surface area contributed by atoms with Crippen LogP contribution in [0, 0.1) is 0 Å². The largest absolute Gasteiger partial charge is 0.480 e. The molecule has 2 N–H and O–H groups in total. The van der Waals surface area contributed by atoms with E-state index < -0.39 is 11.5 Å². The van der Waals surface area contributed by atoms with Crippen molar-refractivity contribution >= 4 is 5.97 Å². The van der Waals surface area contributed by atoms with Crippen molar-refractivity contribution in [1.82, 2.24) is 10.2 Å². The van der Waals surface area contributed by atoms with E-state index in [4.69, 9.17) is 4.74 Å². The van der Waals surface area contributed by atoms with E-state index in [0.29, 0.717) is 13.0 Å². The van der Waals surface area contributed by atoms with E-state index in [0.717, 1.165) is 13.1 Å². The van der Waals surface area contributed by atoms with Crippen LogP contribution in [-0.2, 0) is 9.53 Å². The van der Waals surface area contributed by atoms with Crippen LogP contribution in [0.5, 0.6) is 0 Å². The van der Waals surface area contributed by atoms with Gasteiger partial charge in [-0.3, -0.25) is 10.1 Å². The van der Waals surface area contributed by atoms with Crippen LogP contribution >= 0.6 is 0 Å². The Kier molecular flexibility index (Phi) is 7.34. The van der Waals surface area contributed by atoms with Gasteiger partial charge in [-0.1, -0.05) is 0 Å². The van der Waals surface area contributed by atoms with Crippen molar-refractivity contribution in [3.8, 4) is 0 Å². The summed E-state index contributed by atoms with van der Waals surface area (Å²) >= 11 is 0. The maximum absolute atomic E-state index is 11.3. The van der Waals surface area contributed by atoms with Gasteiger partial charge in [-0.25, -0.2) is 0 Å². The number of hydrogen-bond acceptors (Lipinski definition) is 4. The van der Waals surface area contributed by atoms with Gasteiger partial charge in [0.15, 0.2) is 0 Å². The lowest BCUT2D eigenvalue weighted by Gasteiger charge is -2.30. The molecule has 0 aromatic heterocycles. The monoisotopic (exact) mass is 246 g/mol. The number of ether oxygens (including phenoxy) is 1. The van der Waals surface area contributed by atoms with Crippen molar-refractivity contribution in [3.05, 3.63) is 0 Å². The van der Waals surface area contributed by atoms with Crippen LogP contribution in [0.1, 0.15) is 27.2 Å². The molecule has 5 nitrogen and oxygen atoms in total. The average molecular weight is 246 g/mol. The summed E-state index contributed by atoms with van der Waals surface area (Å²) in [5.41, 5.74) is -0.866. The predicted molar refractivity (Wildman–Crippen MR) is 68.3 cm³/mol. The number of carboxylic acids is 1. The van der Waals surface area contributed by atoms with Gasteiger partial charge in [0, 0.05) is 26.2 Å². The molecule has 0 aromatic carbocycles. The fourth-order valence-corrected chi connectivity index (χ4v) is 1.65. The van der Waals surface area contributed by atoms with Crippen molar-refractivity contribution in [3.63, 3.8) is 0 Å². The molecular formula is C12H26N2O3. The highest BCUT2D eigenvalue weighted by molar-refractivity contribution is 5.78. The zero-order valence-electron chi connectivity index (χ0n) is 11.6. The van der Waals surface area contributed by atoms with Crippen molar-refractivity contribution in [2.75, 3.05) is 33.9 Å². The Morgan fingerprint density at radius 2 is 2.06 bits per heavy atom. The van der Waals surface area contributed by atoms with Crippen LogP contribution in [0.15, 0.2) is 0 Å². The summed E-state index contributed by atoms with van der Waals surface area (Å²) in [5, 5.41) is 12.4. The fourth-order valence-electron chi connectivity index (χ4n) is 1.65. The smallest absolute Gasteiger partial charge is 0.323 e. The van der Waals surface area contributed by atoms with E-state index in [1.54, 1.807) is 14.0 Å². The molecular weight excluding hydrogens is 220 g/mol. The van der Waals surface area contributed by atoms with Gasteiger partial charge in [0.25, 0.3) is 0 Å². The second-order valence-electron chi connectivity index (χ2n) is 4.98. The predicted octanol–water partition coefficient (Wildman–Crippen LogP) is 0.796. The summed E-state index contributed by atoms with van der Waals surface area (Å²) in [6.07, 6.45) is 0.570. The number of carboxylic acid groups (broad SMARTS) is 1. The van der Waals surface area contributed by atoms with Gasteiger partial charge >= 0.3 is 5.97 Å². The molecule has 0 spiro atoms. The third-order valence-corrected chi connectivity index (χ3v) is 2.75. The molecule has 5 heteroatoms. The molecule has 0 fully saturated rings. The Labute approximate surface area is 104 Å². The first kappa shape index (κ1) is 16.4. The van der Waals surface area contributed by atoms with Crippen LogP contribution in [0.2, 0.25) is 0 Å². The van der Waals surface area contributed by atoms with E-state index >= 15 is 0 Å². The van der Waals surface area contributed by atoms with Gasteiger partial charge in [0.05, 0.1) is 6.61 Å². The van der Waals surface area contributed by atoms with Crippen molar-refractivity contribution in [2.24, 2.45) is 0 Å². The van der Waals surface area contributed by atoms with Crippen molar-refractivity contribution < 1.29 is 14.6 Å². The molecule has 0 bridgehead atoms. The zero-order chi connectivity index (χ0) is 13.5. The molecule has 17 heavy (non-hydrogen) atoms. The quantitative estimate of drug-likeness (QED) is 0.630. The van der Waals surface area contributed by atoms with Gasteiger partial charge in [0.1, 0.15) is 5.54 Å². The second kappa shape index (κ2) is 7.63. The topological polar surface area (TPSA) is 61.8 Å². The number of methoxy groups -OCH3 is 1. The van der Waals surface area contributed by atoms with E-state index in [1.807, 2.05) is 20.9 Å². The zero-order valence-corrected chi connectivity index (χ0v) is 11.6. The lowest BCUT2D eigenvalue weighted by Crippen LogP contribution is -2.53. The van der Waals surface area contributed by atoms with E-state index in [2.05, 4.69) is 10.2 Å². The number of aliphatic carboxylic acids is 1. The van der Waals surface area contributed by atoms with Crippen LogP contribution in [0.3, 0.4) is 0 Å². The van der Waals surface area contributed by atoms with E-state index in [-0.39, 0.29) is 6.04 Å². The Balaban J connectivity index is 4.22. The first-order valence-electron chi connectivity index (χ1n) is 6.00. The Hall–Kier alpha value is -0.650. The second-order valence-corrected chi connectivity index (χ2v) is 4.98. The number of rotatable bonds is 9. The minimum Gasteiger partial charge on any atom is -0.480 e. The molecule has 0 rings (SSSR count). The number of nitrogens with zero attached hydrogens (tertiary/aromatic N) is 1. The standard InChI is InChI=1S/C12H26N2O3/c1-10(2)13-12(3,11(15)16)6-7-14(4)8-9-17-5/h10,13H,6-9H2,1-5H3,(H,15,16). The summed E-state index contributed by atoms with van der Waals surface area (Å²) in [6, 6.07) is 0.153. The Morgan fingerprint density at radius 1 is 1.47 bits per heavy atom. The molecule has 1 atom stereocenters. The molecule has 0 amide bonds. The summed E-state index contributed by atoms with van der Waals surface area (Å²) < 4.78 is 4.98. The molecule has 0 aliphatic rings. The fraction of sp³-hybridized carbons (Fsp3) is 0.917. The molecule has 0 saturated carbocycles. The van der Waals surface area contributed by atoms with Gasteiger partial charge in [-0.2, -0.15) is 0 Å².